The molecule has 1 aromatic carbocycles. The normalized spacial score (nSPS) is 10.3. The molecule has 0 bridgehead atoms. The molecule has 0 fully saturated rings. The molecule has 0 radical (unpaired) electrons. The Morgan fingerprint density at radius 1 is 0.913 bits per heavy atom. The number of ether oxygens (including phenoxy) is 2. The molecule has 0 N–H and O–H groups in total. The van der Waals surface area contributed by atoms with Crippen LogP contribution >= 0.6 is 0 Å². The van der Waals surface area contributed by atoms with Crippen LogP contribution in [0.2, 0.25) is 0 Å². The number of carbonyl (C=O) groups is 2. The molecule has 128 valence electrons. The van der Waals surface area contributed by atoms with Gasteiger partial charge in [0, 0.05) is 0 Å². The standard InChI is InChI=1S/C19H28O4/c1-3-5-6-7-8-11-14-23-18(20)15-16-12-9-10-13-17(16)19(21)22-4-2/h9-10,12-13H,3-8,11,14-15H2,1-2H3. The summed E-state index contributed by atoms with van der Waals surface area (Å²) in [5, 5.41) is 0. The monoisotopic (exact) mass is 320 g/mol. The van der Waals surface area contributed by atoms with E-state index in [9.17, 15) is 9.59 Å². The molecule has 0 amide bonds. The van der Waals surface area contributed by atoms with Gasteiger partial charge in [-0.2, -0.15) is 0 Å². The van der Waals surface area contributed by atoms with E-state index in [0.29, 0.717) is 24.3 Å². The van der Waals surface area contributed by atoms with Crippen molar-refractivity contribution in [3.05, 3.63) is 35.4 Å². The molecule has 4 heteroatoms. The molecule has 0 aliphatic heterocycles. The Morgan fingerprint density at radius 2 is 1.61 bits per heavy atom. The smallest absolute Gasteiger partial charge is 0.338 e. The van der Waals surface area contributed by atoms with Crippen molar-refractivity contribution >= 4 is 11.9 Å². The highest BCUT2D eigenvalue weighted by Crippen LogP contribution is 2.12. The minimum atomic E-state index is -0.396. The maximum absolute atomic E-state index is 11.9. The molecule has 0 aliphatic carbocycles. The van der Waals surface area contributed by atoms with Crippen LogP contribution in [0.15, 0.2) is 24.3 Å². The maximum Gasteiger partial charge on any atom is 0.338 e. The van der Waals surface area contributed by atoms with Crippen molar-refractivity contribution in [1.82, 2.24) is 0 Å². The molecule has 0 heterocycles. The van der Waals surface area contributed by atoms with Gasteiger partial charge >= 0.3 is 11.9 Å². The Bertz CT molecular complexity index is 482. The van der Waals surface area contributed by atoms with Gasteiger partial charge < -0.3 is 9.47 Å². The largest absolute Gasteiger partial charge is 0.465 e. The lowest BCUT2D eigenvalue weighted by Crippen LogP contribution is -2.14. The summed E-state index contributed by atoms with van der Waals surface area (Å²) < 4.78 is 10.3. The Kier molecular flexibility index (Phi) is 9.76. The third-order valence-corrected chi connectivity index (χ3v) is 3.61. The van der Waals surface area contributed by atoms with Crippen LogP contribution < -0.4 is 0 Å². The summed E-state index contributed by atoms with van der Waals surface area (Å²) in [7, 11) is 0. The highest BCUT2D eigenvalue weighted by molar-refractivity contribution is 5.92. The molecular weight excluding hydrogens is 292 g/mol. The van der Waals surface area contributed by atoms with Gasteiger partial charge in [0.25, 0.3) is 0 Å². The van der Waals surface area contributed by atoms with Crippen molar-refractivity contribution in [2.45, 2.75) is 58.8 Å². The van der Waals surface area contributed by atoms with Crippen LogP contribution in [-0.2, 0) is 20.7 Å². The van der Waals surface area contributed by atoms with Gasteiger partial charge in [-0.25, -0.2) is 4.79 Å². The Labute approximate surface area is 139 Å². The van der Waals surface area contributed by atoms with Crippen LogP contribution in [-0.4, -0.2) is 25.2 Å². The van der Waals surface area contributed by atoms with Gasteiger partial charge in [-0.05, 0) is 25.0 Å². The second-order valence-electron chi connectivity index (χ2n) is 5.54. The molecule has 1 aromatic rings. The fraction of sp³-hybridized carbons (Fsp3) is 0.579. The average molecular weight is 320 g/mol. The van der Waals surface area contributed by atoms with Crippen LogP contribution in [0.5, 0.6) is 0 Å². The topological polar surface area (TPSA) is 52.6 Å². The van der Waals surface area contributed by atoms with Gasteiger partial charge in [-0.1, -0.05) is 57.2 Å². The molecule has 0 saturated carbocycles. The molecule has 0 aromatic heterocycles. The fourth-order valence-corrected chi connectivity index (χ4v) is 2.36. The predicted molar refractivity (Wildman–Crippen MR) is 90.4 cm³/mol. The van der Waals surface area contributed by atoms with Crippen molar-refractivity contribution in [2.24, 2.45) is 0 Å². The zero-order valence-electron chi connectivity index (χ0n) is 14.3. The summed E-state index contributed by atoms with van der Waals surface area (Å²) in [5.41, 5.74) is 1.09. The quantitative estimate of drug-likeness (QED) is 0.450. The van der Waals surface area contributed by atoms with E-state index in [4.69, 9.17) is 9.47 Å². The van der Waals surface area contributed by atoms with E-state index >= 15 is 0 Å². The summed E-state index contributed by atoms with van der Waals surface area (Å²) in [4.78, 5) is 23.8. The number of hydrogen-bond acceptors (Lipinski definition) is 4. The van der Waals surface area contributed by atoms with Gasteiger partial charge in [0.05, 0.1) is 25.2 Å². The molecule has 4 nitrogen and oxygen atoms in total. The first-order valence-corrected chi connectivity index (χ1v) is 8.59. The van der Waals surface area contributed by atoms with E-state index in [1.54, 1.807) is 31.2 Å². The lowest BCUT2D eigenvalue weighted by molar-refractivity contribution is -0.142. The van der Waals surface area contributed by atoms with Crippen molar-refractivity contribution in [2.75, 3.05) is 13.2 Å². The summed E-state index contributed by atoms with van der Waals surface area (Å²) >= 11 is 0. The first-order valence-electron chi connectivity index (χ1n) is 8.59. The molecular formula is C19H28O4. The fourth-order valence-electron chi connectivity index (χ4n) is 2.36. The summed E-state index contributed by atoms with van der Waals surface area (Å²) in [6.45, 7) is 4.72. The molecule has 0 spiro atoms. The number of esters is 2. The summed E-state index contributed by atoms with van der Waals surface area (Å²) in [6, 6.07) is 7.00. The second-order valence-corrected chi connectivity index (χ2v) is 5.54. The van der Waals surface area contributed by atoms with E-state index < -0.39 is 5.97 Å². The number of rotatable bonds is 11. The Morgan fingerprint density at radius 3 is 2.35 bits per heavy atom. The molecule has 0 atom stereocenters. The van der Waals surface area contributed by atoms with E-state index in [1.807, 2.05) is 0 Å². The van der Waals surface area contributed by atoms with Crippen LogP contribution in [0, 0.1) is 0 Å². The molecule has 23 heavy (non-hydrogen) atoms. The lowest BCUT2D eigenvalue weighted by atomic mass is 10.0. The molecule has 1 rings (SSSR count). The van der Waals surface area contributed by atoms with E-state index in [0.717, 1.165) is 12.8 Å². The van der Waals surface area contributed by atoms with Crippen molar-refractivity contribution < 1.29 is 19.1 Å². The zero-order valence-corrected chi connectivity index (χ0v) is 14.3. The molecule has 0 saturated heterocycles. The number of carbonyl (C=O) groups excluding carboxylic acids is 2. The summed E-state index contributed by atoms with van der Waals surface area (Å²) in [5.74, 6) is -0.692. The van der Waals surface area contributed by atoms with Crippen LogP contribution in [0.1, 0.15) is 68.3 Å². The summed E-state index contributed by atoms with van der Waals surface area (Å²) in [6.07, 6.45) is 7.03. The van der Waals surface area contributed by atoms with Gasteiger partial charge in [0.15, 0.2) is 0 Å². The molecule has 0 aliphatic rings. The van der Waals surface area contributed by atoms with E-state index in [-0.39, 0.29) is 12.4 Å². The van der Waals surface area contributed by atoms with Crippen molar-refractivity contribution in [3.8, 4) is 0 Å². The molecule has 0 unspecified atom stereocenters. The van der Waals surface area contributed by atoms with Crippen LogP contribution in [0.3, 0.4) is 0 Å². The minimum absolute atomic E-state index is 0.102. The highest BCUT2D eigenvalue weighted by Gasteiger charge is 2.15. The predicted octanol–water partition coefficient (Wildman–Crippen LogP) is 4.31. The highest BCUT2D eigenvalue weighted by atomic mass is 16.5. The first-order chi connectivity index (χ1) is 11.2. The van der Waals surface area contributed by atoms with Gasteiger partial charge in [-0.3, -0.25) is 4.79 Å². The Balaban J connectivity index is 2.35. The van der Waals surface area contributed by atoms with Crippen LogP contribution in [0.25, 0.3) is 0 Å². The van der Waals surface area contributed by atoms with Gasteiger partial charge in [0.2, 0.25) is 0 Å². The Hall–Kier alpha value is -1.84. The van der Waals surface area contributed by atoms with E-state index in [1.165, 1.54) is 25.7 Å². The lowest BCUT2D eigenvalue weighted by Gasteiger charge is -2.09. The van der Waals surface area contributed by atoms with Crippen LogP contribution in [0.4, 0.5) is 0 Å². The zero-order chi connectivity index (χ0) is 16.9. The third kappa shape index (κ3) is 7.82. The van der Waals surface area contributed by atoms with Gasteiger partial charge in [-0.15, -0.1) is 0 Å². The number of unbranched alkanes of at least 4 members (excludes halogenated alkanes) is 5. The first kappa shape index (κ1) is 19.2. The minimum Gasteiger partial charge on any atom is -0.465 e. The number of benzene rings is 1. The number of hydrogen-bond donors (Lipinski definition) is 0. The third-order valence-electron chi connectivity index (χ3n) is 3.61. The van der Waals surface area contributed by atoms with Crippen molar-refractivity contribution in [3.63, 3.8) is 0 Å². The average Bonchev–Trinajstić information content (AvgIpc) is 2.54. The SMILES string of the molecule is CCCCCCCCOC(=O)Cc1ccccc1C(=O)OCC. The maximum atomic E-state index is 11.9. The van der Waals surface area contributed by atoms with Gasteiger partial charge in [0.1, 0.15) is 0 Å². The second kappa shape index (κ2) is 11.7. The van der Waals surface area contributed by atoms with E-state index in [2.05, 4.69) is 6.92 Å². The van der Waals surface area contributed by atoms with Crippen molar-refractivity contribution in [1.29, 1.82) is 0 Å².